The molecule has 0 aromatic heterocycles. The van der Waals surface area contributed by atoms with Crippen LogP contribution in [0.2, 0.25) is 0 Å². The van der Waals surface area contributed by atoms with E-state index in [2.05, 4.69) is 22.9 Å². The number of esters is 1. The van der Waals surface area contributed by atoms with Crippen LogP contribution in [0.25, 0.3) is 0 Å². The van der Waals surface area contributed by atoms with Crippen LogP contribution in [0.15, 0.2) is 0 Å². The Hall–Kier alpha value is -0.120. The topological polar surface area (TPSA) is 26.3 Å². The SMILES string of the molecule is CCCCCCC(CCCCCCCCF)COC(=O)CCCCCCCBr. The lowest BCUT2D eigenvalue weighted by molar-refractivity contribution is -0.145. The molecule has 1 atom stereocenters. The third-order valence-corrected chi connectivity index (χ3v) is 6.02. The molecule has 0 amide bonds. The molecule has 0 heterocycles. The Morgan fingerprint density at radius 1 is 0.786 bits per heavy atom. The van der Waals surface area contributed by atoms with Crippen LogP contribution in [0.4, 0.5) is 4.39 Å². The number of carbonyl (C=O) groups excluding carboxylic acids is 1. The largest absolute Gasteiger partial charge is 0.465 e. The van der Waals surface area contributed by atoms with Gasteiger partial charge in [-0.25, -0.2) is 0 Å². The van der Waals surface area contributed by atoms with E-state index < -0.39 is 0 Å². The van der Waals surface area contributed by atoms with Crippen LogP contribution in [-0.2, 0) is 9.53 Å². The molecular weight excluding hydrogens is 419 g/mol. The van der Waals surface area contributed by atoms with Gasteiger partial charge < -0.3 is 4.74 Å². The van der Waals surface area contributed by atoms with Crippen LogP contribution < -0.4 is 0 Å². The maximum atomic E-state index is 12.1. The molecule has 4 heteroatoms. The molecule has 28 heavy (non-hydrogen) atoms. The molecule has 0 N–H and O–H groups in total. The molecular formula is C24H46BrFO2. The fourth-order valence-corrected chi connectivity index (χ4v) is 3.98. The van der Waals surface area contributed by atoms with Gasteiger partial charge in [0.15, 0.2) is 0 Å². The van der Waals surface area contributed by atoms with E-state index in [0.717, 1.165) is 37.4 Å². The Morgan fingerprint density at radius 3 is 1.93 bits per heavy atom. The van der Waals surface area contributed by atoms with Crippen molar-refractivity contribution in [3.05, 3.63) is 0 Å². The molecule has 0 fully saturated rings. The zero-order valence-electron chi connectivity index (χ0n) is 18.5. The van der Waals surface area contributed by atoms with Gasteiger partial charge in [0.2, 0.25) is 0 Å². The predicted molar refractivity (Wildman–Crippen MR) is 123 cm³/mol. The Kier molecular flexibility index (Phi) is 23.1. The van der Waals surface area contributed by atoms with Gasteiger partial charge in [-0.05, 0) is 38.0 Å². The van der Waals surface area contributed by atoms with Crippen molar-refractivity contribution >= 4 is 21.9 Å². The number of hydrogen-bond donors (Lipinski definition) is 0. The van der Waals surface area contributed by atoms with E-state index >= 15 is 0 Å². The van der Waals surface area contributed by atoms with E-state index in [9.17, 15) is 9.18 Å². The maximum absolute atomic E-state index is 12.1. The second-order valence-corrected chi connectivity index (χ2v) is 9.00. The first-order valence-corrected chi connectivity index (χ1v) is 13.1. The molecule has 2 nitrogen and oxygen atoms in total. The van der Waals surface area contributed by atoms with Gasteiger partial charge in [0.1, 0.15) is 0 Å². The zero-order valence-corrected chi connectivity index (χ0v) is 20.1. The summed E-state index contributed by atoms with van der Waals surface area (Å²) in [6, 6.07) is 0. The maximum Gasteiger partial charge on any atom is 0.305 e. The molecule has 0 aromatic rings. The molecule has 0 rings (SSSR count). The van der Waals surface area contributed by atoms with Gasteiger partial charge in [-0.1, -0.05) is 99.9 Å². The normalized spacial score (nSPS) is 12.2. The van der Waals surface area contributed by atoms with Crippen molar-refractivity contribution in [3.63, 3.8) is 0 Å². The zero-order chi connectivity index (χ0) is 20.7. The number of alkyl halides is 2. The van der Waals surface area contributed by atoms with Crippen LogP contribution in [0.5, 0.6) is 0 Å². The van der Waals surface area contributed by atoms with E-state index in [4.69, 9.17) is 4.74 Å². The summed E-state index contributed by atoms with van der Waals surface area (Å²) in [5.41, 5.74) is 0. The highest BCUT2D eigenvalue weighted by atomic mass is 79.9. The van der Waals surface area contributed by atoms with Gasteiger partial charge in [-0.2, -0.15) is 0 Å². The molecule has 0 saturated carbocycles. The van der Waals surface area contributed by atoms with E-state index in [1.807, 2.05) is 0 Å². The van der Waals surface area contributed by atoms with Crippen molar-refractivity contribution in [2.75, 3.05) is 18.6 Å². The highest BCUT2D eigenvalue weighted by Crippen LogP contribution is 2.20. The van der Waals surface area contributed by atoms with Crippen LogP contribution >= 0.6 is 15.9 Å². The molecule has 0 spiro atoms. The fourth-order valence-electron chi connectivity index (χ4n) is 3.58. The average Bonchev–Trinajstić information content (AvgIpc) is 2.70. The minimum absolute atomic E-state index is 0.00901. The van der Waals surface area contributed by atoms with Crippen molar-refractivity contribution in [2.45, 2.75) is 122 Å². The second kappa shape index (κ2) is 23.2. The Labute approximate surface area is 182 Å². The van der Waals surface area contributed by atoms with Gasteiger partial charge in [0, 0.05) is 11.8 Å². The minimum Gasteiger partial charge on any atom is -0.465 e. The molecule has 0 saturated heterocycles. The molecule has 168 valence electrons. The molecule has 0 aromatic carbocycles. The summed E-state index contributed by atoms with van der Waals surface area (Å²) in [5.74, 6) is 0.510. The number of hydrogen-bond acceptors (Lipinski definition) is 2. The van der Waals surface area contributed by atoms with Gasteiger partial charge in [-0.3, -0.25) is 9.18 Å². The van der Waals surface area contributed by atoms with Crippen LogP contribution in [-0.4, -0.2) is 24.6 Å². The first-order valence-electron chi connectivity index (χ1n) is 12.0. The summed E-state index contributed by atoms with van der Waals surface area (Å²) < 4.78 is 17.7. The highest BCUT2D eigenvalue weighted by Gasteiger charge is 2.12. The van der Waals surface area contributed by atoms with Gasteiger partial charge >= 0.3 is 5.97 Å². The number of halogens is 2. The monoisotopic (exact) mass is 464 g/mol. The second-order valence-electron chi connectivity index (χ2n) is 8.20. The Bertz CT molecular complexity index is 326. The first-order chi connectivity index (χ1) is 13.7. The smallest absolute Gasteiger partial charge is 0.305 e. The number of carbonyl (C=O) groups is 1. The number of ether oxygens (including phenoxy) is 1. The summed E-state index contributed by atoms with van der Waals surface area (Å²) in [6.45, 7) is 2.67. The quantitative estimate of drug-likeness (QED) is 0.0909. The summed E-state index contributed by atoms with van der Waals surface area (Å²) >= 11 is 3.45. The van der Waals surface area contributed by atoms with Gasteiger partial charge in [0.05, 0.1) is 13.3 Å². The molecule has 0 bridgehead atoms. The molecule has 0 aliphatic carbocycles. The van der Waals surface area contributed by atoms with Crippen LogP contribution in [0, 0.1) is 5.92 Å². The van der Waals surface area contributed by atoms with Crippen molar-refractivity contribution < 1.29 is 13.9 Å². The van der Waals surface area contributed by atoms with E-state index in [-0.39, 0.29) is 12.6 Å². The summed E-state index contributed by atoms with van der Waals surface area (Å²) in [6.07, 6.45) is 20.3. The van der Waals surface area contributed by atoms with Crippen molar-refractivity contribution in [1.29, 1.82) is 0 Å². The lowest BCUT2D eigenvalue weighted by Gasteiger charge is -2.17. The average molecular weight is 466 g/mol. The van der Waals surface area contributed by atoms with E-state index in [0.29, 0.717) is 25.4 Å². The summed E-state index contributed by atoms with van der Waals surface area (Å²) in [4.78, 5) is 12.0. The third-order valence-electron chi connectivity index (χ3n) is 5.46. The van der Waals surface area contributed by atoms with Crippen molar-refractivity contribution in [1.82, 2.24) is 0 Å². The Balaban J connectivity index is 3.90. The standard InChI is InChI=1S/C24H46BrFO2/c1-2-3-4-12-17-23(18-13-8-5-6-11-16-21-26)22-28-24(27)19-14-9-7-10-15-20-25/h23H,2-22H2,1H3. The first kappa shape index (κ1) is 27.9. The van der Waals surface area contributed by atoms with E-state index in [1.165, 1.54) is 70.6 Å². The van der Waals surface area contributed by atoms with Crippen LogP contribution in [0.1, 0.15) is 122 Å². The third kappa shape index (κ3) is 20.6. The molecule has 0 radical (unpaired) electrons. The number of rotatable bonds is 22. The van der Waals surface area contributed by atoms with Crippen molar-refractivity contribution in [2.24, 2.45) is 5.92 Å². The molecule has 1 unspecified atom stereocenters. The fraction of sp³-hybridized carbons (Fsp3) is 0.958. The van der Waals surface area contributed by atoms with Crippen LogP contribution in [0.3, 0.4) is 0 Å². The lowest BCUT2D eigenvalue weighted by Crippen LogP contribution is -2.14. The summed E-state index contributed by atoms with van der Waals surface area (Å²) in [7, 11) is 0. The van der Waals surface area contributed by atoms with Gasteiger partial charge in [-0.15, -0.1) is 0 Å². The Morgan fingerprint density at radius 2 is 1.32 bits per heavy atom. The van der Waals surface area contributed by atoms with Crippen molar-refractivity contribution in [3.8, 4) is 0 Å². The highest BCUT2D eigenvalue weighted by molar-refractivity contribution is 9.09. The summed E-state index contributed by atoms with van der Waals surface area (Å²) in [5, 5.41) is 1.08. The minimum atomic E-state index is -0.179. The van der Waals surface area contributed by atoms with Gasteiger partial charge in [0.25, 0.3) is 0 Å². The molecule has 0 aliphatic heterocycles. The molecule has 0 aliphatic rings. The predicted octanol–water partition coefficient (Wildman–Crippen LogP) is 8.55. The van der Waals surface area contributed by atoms with E-state index in [1.54, 1.807) is 0 Å². The lowest BCUT2D eigenvalue weighted by atomic mass is 9.95. The number of unbranched alkanes of at least 4 members (excludes halogenated alkanes) is 12.